The number of hydrogen-bond donors (Lipinski definition) is 1. The number of carbonyl (C=O) groups excluding carboxylic acids is 2. The Morgan fingerprint density at radius 3 is 2.07 bits per heavy atom. The lowest BCUT2D eigenvalue weighted by Gasteiger charge is -2.17. The number of nitrogens with one attached hydrogen (secondary N) is 1. The van der Waals surface area contributed by atoms with Crippen LogP contribution in [0.1, 0.15) is 30.5 Å². The van der Waals surface area contributed by atoms with Gasteiger partial charge >= 0.3 is 5.97 Å². The van der Waals surface area contributed by atoms with Crippen LogP contribution < -0.4 is 10.1 Å². The van der Waals surface area contributed by atoms with Crippen LogP contribution in [0, 0.1) is 11.3 Å². The molecule has 5 nitrogen and oxygen atoms in total. The van der Waals surface area contributed by atoms with E-state index in [4.69, 9.17) is 10.00 Å². The van der Waals surface area contributed by atoms with Gasteiger partial charge in [-0.05, 0) is 41.0 Å². The molecular formula is C24H20N2O3. The van der Waals surface area contributed by atoms with Crippen molar-refractivity contribution >= 4 is 11.9 Å². The average Bonchev–Trinajstić information content (AvgIpc) is 2.74. The van der Waals surface area contributed by atoms with Gasteiger partial charge < -0.3 is 10.1 Å². The number of ether oxygens (including phenoxy) is 1. The van der Waals surface area contributed by atoms with Gasteiger partial charge in [-0.3, -0.25) is 9.59 Å². The molecule has 3 rings (SSSR count). The summed E-state index contributed by atoms with van der Waals surface area (Å²) < 4.78 is 5.44. The first kappa shape index (κ1) is 19.8. The number of amides is 1. The largest absolute Gasteiger partial charge is 0.426 e. The summed E-state index contributed by atoms with van der Waals surface area (Å²) in [4.78, 5) is 23.9. The molecule has 0 saturated heterocycles. The molecule has 0 saturated carbocycles. The summed E-state index contributed by atoms with van der Waals surface area (Å²) in [6, 6.07) is 25.4. The van der Waals surface area contributed by atoms with E-state index in [0.29, 0.717) is 11.3 Å². The van der Waals surface area contributed by atoms with Gasteiger partial charge in [-0.15, -0.1) is 0 Å². The maximum atomic E-state index is 12.4. The number of nitrogens with zero attached hydrogens (tertiary/aromatic N) is 1. The van der Waals surface area contributed by atoms with Crippen molar-refractivity contribution in [2.75, 3.05) is 0 Å². The summed E-state index contributed by atoms with van der Waals surface area (Å²) in [5.41, 5.74) is 3.37. The first-order valence-corrected chi connectivity index (χ1v) is 9.18. The molecule has 0 radical (unpaired) electrons. The van der Waals surface area contributed by atoms with Gasteiger partial charge in [0.1, 0.15) is 5.75 Å². The van der Waals surface area contributed by atoms with E-state index in [0.717, 1.165) is 16.7 Å². The second-order valence-electron chi connectivity index (χ2n) is 6.56. The molecule has 0 aliphatic carbocycles. The third-order valence-corrected chi connectivity index (χ3v) is 4.38. The Bertz CT molecular complexity index is 1020. The predicted molar refractivity (Wildman–Crippen MR) is 110 cm³/mol. The zero-order chi connectivity index (χ0) is 20.6. The SMILES string of the molecule is CC(=O)N[C@@H](CC(=O)Oc1ccc(-c2ccc(C#N)cc2)cc1)c1ccccc1. The lowest BCUT2D eigenvalue weighted by Crippen LogP contribution is -2.29. The fourth-order valence-corrected chi connectivity index (χ4v) is 2.98. The molecule has 0 fully saturated rings. The van der Waals surface area contributed by atoms with E-state index < -0.39 is 12.0 Å². The maximum absolute atomic E-state index is 12.4. The van der Waals surface area contributed by atoms with Crippen molar-refractivity contribution < 1.29 is 14.3 Å². The zero-order valence-corrected chi connectivity index (χ0v) is 16.0. The summed E-state index contributed by atoms with van der Waals surface area (Å²) in [7, 11) is 0. The molecule has 5 heteroatoms. The minimum atomic E-state index is -0.445. The Morgan fingerprint density at radius 2 is 1.52 bits per heavy atom. The van der Waals surface area contributed by atoms with Crippen LogP contribution in [0.2, 0.25) is 0 Å². The third-order valence-electron chi connectivity index (χ3n) is 4.38. The molecule has 0 heterocycles. The molecule has 1 amide bonds. The Hall–Kier alpha value is -3.91. The topological polar surface area (TPSA) is 79.2 Å². The molecule has 0 aliphatic rings. The van der Waals surface area contributed by atoms with Gasteiger partial charge in [0.05, 0.1) is 24.1 Å². The Morgan fingerprint density at radius 1 is 0.931 bits per heavy atom. The van der Waals surface area contributed by atoms with E-state index in [1.807, 2.05) is 54.6 Å². The molecule has 1 atom stereocenters. The molecule has 3 aromatic rings. The van der Waals surface area contributed by atoms with Crippen molar-refractivity contribution in [3.05, 3.63) is 90.0 Å². The normalized spacial score (nSPS) is 11.2. The second kappa shape index (κ2) is 9.34. The average molecular weight is 384 g/mol. The van der Waals surface area contributed by atoms with Crippen LogP contribution >= 0.6 is 0 Å². The van der Waals surface area contributed by atoms with Crippen LogP contribution in [0.15, 0.2) is 78.9 Å². The lowest BCUT2D eigenvalue weighted by atomic mass is 10.0. The molecule has 29 heavy (non-hydrogen) atoms. The summed E-state index contributed by atoms with van der Waals surface area (Å²) in [6.45, 7) is 1.42. The van der Waals surface area contributed by atoms with Crippen molar-refractivity contribution in [1.82, 2.24) is 5.32 Å². The van der Waals surface area contributed by atoms with Crippen LogP contribution in [-0.2, 0) is 9.59 Å². The Labute approximate surface area is 169 Å². The molecule has 1 N–H and O–H groups in total. The Kier molecular flexibility index (Phi) is 6.39. The fourth-order valence-electron chi connectivity index (χ4n) is 2.98. The molecular weight excluding hydrogens is 364 g/mol. The third kappa shape index (κ3) is 5.53. The van der Waals surface area contributed by atoms with Crippen LogP contribution in [0.3, 0.4) is 0 Å². The lowest BCUT2D eigenvalue weighted by molar-refractivity contribution is -0.135. The van der Waals surface area contributed by atoms with Gasteiger partial charge in [0, 0.05) is 6.92 Å². The van der Waals surface area contributed by atoms with E-state index in [2.05, 4.69) is 11.4 Å². The minimum Gasteiger partial charge on any atom is -0.426 e. The monoisotopic (exact) mass is 384 g/mol. The standard InChI is InChI=1S/C24H20N2O3/c1-17(27)26-23(21-5-3-2-4-6-21)15-24(28)29-22-13-11-20(12-14-22)19-9-7-18(16-25)8-10-19/h2-14,23H,15H2,1H3,(H,26,27)/t23-/m0/s1. The summed E-state index contributed by atoms with van der Waals surface area (Å²) in [5.74, 6) is -0.209. The van der Waals surface area contributed by atoms with Crippen LogP contribution in [-0.4, -0.2) is 11.9 Å². The highest BCUT2D eigenvalue weighted by molar-refractivity contribution is 5.77. The van der Waals surface area contributed by atoms with E-state index in [-0.39, 0.29) is 12.3 Å². The van der Waals surface area contributed by atoms with Crippen molar-refractivity contribution in [2.45, 2.75) is 19.4 Å². The van der Waals surface area contributed by atoms with Crippen molar-refractivity contribution in [3.8, 4) is 22.9 Å². The molecule has 3 aromatic carbocycles. The minimum absolute atomic E-state index is 0.0287. The second-order valence-corrected chi connectivity index (χ2v) is 6.56. The first-order chi connectivity index (χ1) is 14.0. The molecule has 144 valence electrons. The summed E-state index contributed by atoms with van der Waals surface area (Å²) >= 11 is 0. The van der Waals surface area contributed by atoms with E-state index in [1.54, 1.807) is 24.3 Å². The Balaban J connectivity index is 1.66. The van der Waals surface area contributed by atoms with E-state index >= 15 is 0 Å². The van der Waals surface area contributed by atoms with Gasteiger partial charge in [-0.2, -0.15) is 5.26 Å². The highest BCUT2D eigenvalue weighted by Crippen LogP contribution is 2.24. The van der Waals surface area contributed by atoms with Crippen LogP contribution in [0.4, 0.5) is 0 Å². The number of esters is 1. The number of nitriles is 1. The molecule has 0 spiro atoms. The molecule has 0 aromatic heterocycles. The van der Waals surface area contributed by atoms with Crippen LogP contribution in [0.5, 0.6) is 5.75 Å². The highest BCUT2D eigenvalue weighted by atomic mass is 16.5. The number of benzene rings is 3. The summed E-state index contributed by atoms with van der Waals surface area (Å²) in [5, 5.41) is 11.7. The first-order valence-electron chi connectivity index (χ1n) is 9.18. The maximum Gasteiger partial charge on any atom is 0.313 e. The highest BCUT2D eigenvalue weighted by Gasteiger charge is 2.18. The zero-order valence-electron chi connectivity index (χ0n) is 16.0. The van der Waals surface area contributed by atoms with Gasteiger partial charge in [0.2, 0.25) is 5.91 Å². The smallest absolute Gasteiger partial charge is 0.313 e. The van der Waals surface area contributed by atoms with Crippen molar-refractivity contribution in [3.63, 3.8) is 0 Å². The number of carbonyl (C=O) groups is 2. The van der Waals surface area contributed by atoms with Crippen molar-refractivity contribution in [2.24, 2.45) is 0 Å². The molecule has 0 aliphatic heterocycles. The fraction of sp³-hybridized carbons (Fsp3) is 0.125. The predicted octanol–water partition coefficient (Wildman–Crippen LogP) is 4.40. The van der Waals surface area contributed by atoms with E-state index in [9.17, 15) is 9.59 Å². The molecule has 0 unspecified atom stereocenters. The summed E-state index contributed by atoms with van der Waals surface area (Å²) in [6.07, 6.45) is 0.0287. The number of hydrogen-bond acceptors (Lipinski definition) is 4. The van der Waals surface area contributed by atoms with Gasteiger partial charge in [0.15, 0.2) is 0 Å². The molecule has 0 bridgehead atoms. The van der Waals surface area contributed by atoms with Gasteiger partial charge in [-0.25, -0.2) is 0 Å². The van der Waals surface area contributed by atoms with Gasteiger partial charge in [0.25, 0.3) is 0 Å². The van der Waals surface area contributed by atoms with Crippen LogP contribution in [0.25, 0.3) is 11.1 Å². The number of rotatable bonds is 6. The quantitative estimate of drug-likeness (QED) is 0.505. The van der Waals surface area contributed by atoms with Gasteiger partial charge in [-0.1, -0.05) is 54.6 Å². The van der Waals surface area contributed by atoms with Crippen molar-refractivity contribution in [1.29, 1.82) is 5.26 Å². The van der Waals surface area contributed by atoms with E-state index in [1.165, 1.54) is 6.92 Å².